The van der Waals surface area contributed by atoms with Crippen LogP contribution in [0.1, 0.15) is 0 Å². The lowest BCUT2D eigenvalue weighted by Crippen LogP contribution is -2.18. The van der Waals surface area contributed by atoms with Crippen molar-refractivity contribution in [2.75, 3.05) is 20.6 Å². The summed E-state index contributed by atoms with van der Waals surface area (Å²) in [5.74, 6) is 0. The van der Waals surface area contributed by atoms with Gasteiger partial charge >= 0.3 is 0 Å². The maximum Gasteiger partial charge on any atom is 0.166 e. The molecule has 0 rings (SSSR count). The number of nitrogens with zero attached hydrogens (tertiary/aromatic N) is 1. The molecule has 4 N–H and O–H groups in total. The third-order valence-corrected chi connectivity index (χ3v) is 1.28. The summed E-state index contributed by atoms with van der Waals surface area (Å²) in [7, 11) is 3.78. The SMILES string of the molecule is CN(C)CC(/C=C\N)=C(/N)C=O. The minimum absolute atomic E-state index is 0.227. The summed E-state index contributed by atoms with van der Waals surface area (Å²) in [6, 6.07) is 0. The molecule has 68 valence electrons. The van der Waals surface area contributed by atoms with Crippen molar-refractivity contribution in [2.45, 2.75) is 0 Å². The van der Waals surface area contributed by atoms with Crippen LogP contribution >= 0.6 is 0 Å². The van der Waals surface area contributed by atoms with Gasteiger partial charge < -0.3 is 16.4 Å². The van der Waals surface area contributed by atoms with Crippen molar-refractivity contribution < 1.29 is 4.79 Å². The number of hydrogen-bond acceptors (Lipinski definition) is 4. The average Bonchev–Trinajstić information content (AvgIpc) is 2.01. The molecule has 0 unspecified atom stereocenters. The van der Waals surface area contributed by atoms with Gasteiger partial charge in [0.1, 0.15) is 0 Å². The van der Waals surface area contributed by atoms with E-state index < -0.39 is 0 Å². The third kappa shape index (κ3) is 3.78. The van der Waals surface area contributed by atoms with Gasteiger partial charge in [-0.05, 0) is 31.9 Å². The molecule has 0 aliphatic carbocycles. The molecule has 0 heterocycles. The van der Waals surface area contributed by atoms with Crippen LogP contribution in [0.3, 0.4) is 0 Å². The maximum atomic E-state index is 10.3. The number of carbonyl (C=O) groups is 1. The summed E-state index contributed by atoms with van der Waals surface area (Å²) >= 11 is 0. The van der Waals surface area contributed by atoms with E-state index >= 15 is 0 Å². The van der Waals surface area contributed by atoms with Crippen molar-refractivity contribution >= 4 is 6.29 Å². The highest BCUT2D eigenvalue weighted by molar-refractivity contribution is 5.74. The number of hydrogen-bond donors (Lipinski definition) is 2. The van der Waals surface area contributed by atoms with Crippen LogP contribution in [0, 0.1) is 0 Å². The first-order chi connectivity index (χ1) is 5.61. The fraction of sp³-hybridized carbons (Fsp3) is 0.375. The highest BCUT2D eigenvalue weighted by atomic mass is 16.1. The first kappa shape index (κ1) is 10.7. The van der Waals surface area contributed by atoms with Gasteiger partial charge in [0.05, 0.1) is 5.70 Å². The zero-order valence-corrected chi connectivity index (χ0v) is 7.45. The fourth-order valence-corrected chi connectivity index (χ4v) is 0.773. The molecule has 0 spiro atoms. The monoisotopic (exact) mass is 169 g/mol. The molecule has 0 aliphatic heterocycles. The topological polar surface area (TPSA) is 72.3 Å². The lowest BCUT2D eigenvalue weighted by molar-refractivity contribution is -0.105. The Kier molecular flexibility index (Phi) is 4.79. The Balaban J connectivity index is 4.53. The quantitative estimate of drug-likeness (QED) is 0.336. The van der Waals surface area contributed by atoms with E-state index in [1.165, 1.54) is 6.20 Å². The Morgan fingerprint density at radius 2 is 2.08 bits per heavy atom. The number of likely N-dealkylation sites (N-methyl/N-ethyl adjacent to an activating group) is 1. The highest BCUT2D eigenvalue weighted by Gasteiger charge is 2.00. The van der Waals surface area contributed by atoms with E-state index in [4.69, 9.17) is 11.5 Å². The first-order valence-corrected chi connectivity index (χ1v) is 3.58. The molecule has 4 nitrogen and oxygen atoms in total. The van der Waals surface area contributed by atoms with Crippen molar-refractivity contribution in [3.8, 4) is 0 Å². The summed E-state index contributed by atoms with van der Waals surface area (Å²) in [6.07, 6.45) is 3.62. The van der Waals surface area contributed by atoms with Gasteiger partial charge in [0.25, 0.3) is 0 Å². The average molecular weight is 169 g/mol. The molecule has 0 aliphatic rings. The smallest absolute Gasteiger partial charge is 0.166 e. The lowest BCUT2D eigenvalue weighted by atomic mass is 10.2. The van der Waals surface area contributed by atoms with Gasteiger partial charge in [0.15, 0.2) is 6.29 Å². The third-order valence-electron chi connectivity index (χ3n) is 1.28. The Labute approximate surface area is 72.5 Å². The van der Waals surface area contributed by atoms with Crippen LogP contribution in [-0.4, -0.2) is 31.8 Å². The molecule has 0 aromatic carbocycles. The summed E-state index contributed by atoms with van der Waals surface area (Å²) in [6.45, 7) is 0.609. The van der Waals surface area contributed by atoms with Crippen LogP contribution in [0.15, 0.2) is 23.5 Å². The molecule has 0 amide bonds. The molecular formula is C8H15N3O. The maximum absolute atomic E-state index is 10.3. The second-order valence-corrected chi connectivity index (χ2v) is 2.70. The zero-order chi connectivity index (χ0) is 9.56. The zero-order valence-electron chi connectivity index (χ0n) is 7.45. The van der Waals surface area contributed by atoms with Crippen molar-refractivity contribution in [3.63, 3.8) is 0 Å². The fourth-order valence-electron chi connectivity index (χ4n) is 0.773. The minimum atomic E-state index is 0.227. The van der Waals surface area contributed by atoms with Crippen molar-refractivity contribution in [3.05, 3.63) is 23.5 Å². The molecule has 0 atom stereocenters. The Morgan fingerprint density at radius 3 is 2.42 bits per heavy atom. The first-order valence-electron chi connectivity index (χ1n) is 3.58. The van der Waals surface area contributed by atoms with Gasteiger partial charge in [0.2, 0.25) is 0 Å². The number of nitrogens with two attached hydrogens (primary N) is 2. The van der Waals surface area contributed by atoms with E-state index in [-0.39, 0.29) is 5.70 Å². The molecule has 12 heavy (non-hydrogen) atoms. The van der Waals surface area contributed by atoms with Crippen LogP contribution in [0.25, 0.3) is 0 Å². The number of rotatable bonds is 4. The van der Waals surface area contributed by atoms with E-state index in [0.717, 1.165) is 5.57 Å². The van der Waals surface area contributed by atoms with E-state index in [1.54, 1.807) is 6.08 Å². The molecule has 0 aromatic heterocycles. The Hall–Kier alpha value is -1.29. The predicted molar refractivity (Wildman–Crippen MR) is 49.2 cm³/mol. The Bertz CT molecular complexity index is 206. The van der Waals surface area contributed by atoms with Crippen molar-refractivity contribution in [1.82, 2.24) is 4.90 Å². The van der Waals surface area contributed by atoms with E-state index in [0.29, 0.717) is 12.8 Å². The van der Waals surface area contributed by atoms with Gasteiger partial charge in [-0.25, -0.2) is 0 Å². The minimum Gasteiger partial charge on any atom is -0.405 e. The molecule has 0 saturated carbocycles. The van der Waals surface area contributed by atoms with Crippen molar-refractivity contribution in [2.24, 2.45) is 11.5 Å². The molecule has 0 saturated heterocycles. The van der Waals surface area contributed by atoms with E-state index in [1.807, 2.05) is 19.0 Å². The van der Waals surface area contributed by atoms with Crippen LogP contribution in [0.4, 0.5) is 0 Å². The van der Waals surface area contributed by atoms with Gasteiger partial charge in [-0.3, -0.25) is 4.79 Å². The van der Waals surface area contributed by atoms with Crippen LogP contribution in [-0.2, 0) is 4.79 Å². The molecule has 0 fully saturated rings. The van der Waals surface area contributed by atoms with Crippen LogP contribution < -0.4 is 11.5 Å². The number of allylic oxidation sites excluding steroid dienone is 1. The summed E-state index contributed by atoms with van der Waals surface area (Å²) in [4.78, 5) is 12.2. The second kappa shape index (κ2) is 5.37. The molecule has 0 aromatic rings. The van der Waals surface area contributed by atoms with Gasteiger partial charge in [0, 0.05) is 6.54 Å². The molecule has 0 bridgehead atoms. The molecular weight excluding hydrogens is 154 g/mol. The summed E-state index contributed by atoms with van der Waals surface area (Å²) in [5.41, 5.74) is 11.6. The van der Waals surface area contributed by atoms with Gasteiger partial charge in [-0.2, -0.15) is 0 Å². The van der Waals surface area contributed by atoms with Crippen LogP contribution in [0.2, 0.25) is 0 Å². The molecule has 4 heteroatoms. The van der Waals surface area contributed by atoms with E-state index in [9.17, 15) is 4.79 Å². The highest BCUT2D eigenvalue weighted by Crippen LogP contribution is 2.00. The lowest BCUT2D eigenvalue weighted by Gasteiger charge is -2.10. The van der Waals surface area contributed by atoms with Crippen molar-refractivity contribution in [1.29, 1.82) is 0 Å². The van der Waals surface area contributed by atoms with Gasteiger partial charge in [-0.1, -0.05) is 0 Å². The van der Waals surface area contributed by atoms with Gasteiger partial charge in [-0.15, -0.1) is 0 Å². The van der Waals surface area contributed by atoms with E-state index in [2.05, 4.69) is 0 Å². The number of aldehydes is 1. The summed E-state index contributed by atoms with van der Waals surface area (Å²) < 4.78 is 0. The normalized spacial score (nSPS) is 13.6. The second-order valence-electron chi connectivity index (χ2n) is 2.70. The largest absolute Gasteiger partial charge is 0.405 e. The number of carbonyl (C=O) groups excluding carboxylic acids is 1. The van der Waals surface area contributed by atoms with Crippen LogP contribution in [0.5, 0.6) is 0 Å². The predicted octanol–water partition coefficient (Wildman–Crippen LogP) is -0.568. The standard InChI is InChI=1S/C8H15N3O/c1-11(2)5-7(3-4-9)8(10)6-12/h3-4,6H,5,9-10H2,1-2H3/b4-3-,8-7+. The Morgan fingerprint density at radius 1 is 1.50 bits per heavy atom. The summed E-state index contributed by atoms with van der Waals surface area (Å²) in [5, 5.41) is 0. The molecule has 0 radical (unpaired) electrons.